The fraction of sp³-hybridized carbons (Fsp3) is 0.375. The van der Waals surface area contributed by atoms with Crippen LogP contribution in [0.5, 0.6) is 5.75 Å². The van der Waals surface area contributed by atoms with Gasteiger partial charge in [-0.15, -0.1) is 0 Å². The molecule has 1 N–H and O–H groups in total. The predicted octanol–water partition coefficient (Wildman–Crippen LogP) is 5.74. The van der Waals surface area contributed by atoms with Gasteiger partial charge in [-0.2, -0.15) is 0 Å². The molecule has 15 heteroatoms. The van der Waals surface area contributed by atoms with Gasteiger partial charge in [0, 0.05) is 6.54 Å². The van der Waals surface area contributed by atoms with Crippen molar-refractivity contribution >= 4 is 69.2 Å². The molecule has 2 aromatic carbocycles. The third-order valence-corrected chi connectivity index (χ3v) is 8.08. The first kappa shape index (κ1) is 36.2. The number of hydrogen-bond acceptors (Lipinski definition) is 10. The van der Waals surface area contributed by atoms with Crippen molar-refractivity contribution < 1.29 is 36.2 Å². The fourth-order valence-corrected chi connectivity index (χ4v) is 5.71. The molecule has 0 radical (unpaired) electrons. The number of carbonyl (C=O) groups is 1. The number of rotatable bonds is 11. The van der Waals surface area contributed by atoms with Gasteiger partial charge in [0.1, 0.15) is 5.60 Å². The van der Waals surface area contributed by atoms with Crippen molar-refractivity contribution in [2.45, 2.75) is 57.7 Å². The third-order valence-electron chi connectivity index (χ3n) is 6.67. The van der Waals surface area contributed by atoms with Gasteiger partial charge in [0.05, 0.1) is 0 Å². The summed E-state index contributed by atoms with van der Waals surface area (Å²) < 4.78 is 76.3. The van der Waals surface area contributed by atoms with Crippen molar-refractivity contribution in [1.29, 1.82) is 0 Å². The Hall–Kier alpha value is -3.69. The van der Waals surface area contributed by atoms with Crippen LogP contribution in [0.25, 0.3) is 32.9 Å². The van der Waals surface area contributed by atoms with Gasteiger partial charge < -0.3 is 4.74 Å². The van der Waals surface area contributed by atoms with Crippen molar-refractivity contribution in [1.82, 2.24) is 20.0 Å². The summed E-state index contributed by atoms with van der Waals surface area (Å²) in [7, 11) is -2.62. The number of anilines is 1. The molecule has 0 atom stereocenters. The maximum Gasteiger partial charge on any atom is 0.429 e. The maximum atomic E-state index is 16.7. The van der Waals surface area contributed by atoms with Crippen LogP contribution in [-0.2, 0) is 19.3 Å². The summed E-state index contributed by atoms with van der Waals surface area (Å²) in [5, 5.41) is 1.26. The van der Waals surface area contributed by atoms with Crippen LogP contribution in [0.3, 0.4) is 0 Å². The molecule has 0 spiro atoms. The van der Waals surface area contributed by atoms with E-state index in [0.29, 0.717) is 11.8 Å². The number of unbranched alkanes of at least 4 members (excludes halogenated alkanes) is 2. The number of pyridine rings is 1. The maximum absolute atomic E-state index is 16.7. The number of halogens is 2. The van der Waals surface area contributed by atoms with E-state index in [1.54, 1.807) is 26.8 Å². The SMILES string of the molecule is CCCCCN(Nc1nc(S(C)(=O)=O)nc2c(F)c(-c3cc(OCOC)cc4ccc(F)c(C#[C][Tl])c34)ncc12)C(=O)OC(C)(C)C. The Bertz CT molecular complexity index is 1990. The molecule has 0 saturated carbocycles. The number of nitrogens with zero attached hydrogens (tertiary/aromatic N) is 4. The molecule has 4 aromatic rings. The molecule has 0 aliphatic carbocycles. The Morgan fingerprint density at radius 3 is 2.53 bits per heavy atom. The van der Waals surface area contributed by atoms with Gasteiger partial charge in [-0.3, -0.25) is 0 Å². The molecule has 2 aromatic heterocycles. The second-order valence-corrected chi connectivity index (χ2v) is 14.6. The number of benzene rings is 2. The number of sulfone groups is 1. The number of methoxy groups -OCH3 is 1. The van der Waals surface area contributed by atoms with Crippen LogP contribution in [-0.4, -0.2) is 92.5 Å². The van der Waals surface area contributed by atoms with Gasteiger partial charge in [-0.1, -0.05) is 19.8 Å². The standard InChI is InChI=1S/C32H34F2N5O6S.Tl/c1-8-10-11-14-39(31(40)45-32(3,4)5)38-29-23-17-35-27(26(34)28(23)36-30(37-29)46(7,41)42)22-16-20(44-18-43-6)15-19-12-13-24(33)21(9-2)25(19)22;/h12-13,15-17H,8,10-11,14,18H2,1,3-7H3,(H,36,37,38);. The Morgan fingerprint density at radius 2 is 1.89 bits per heavy atom. The molecule has 4 rings (SSSR count). The summed E-state index contributed by atoms with van der Waals surface area (Å²) in [6.45, 7) is 7.21. The Balaban J connectivity index is 1.99. The number of ether oxygens (including phenoxy) is 3. The third kappa shape index (κ3) is 8.62. The summed E-state index contributed by atoms with van der Waals surface area (Å²) in [5.74, 6) is 1.33. The van der Waals surface area contributed by atoms with Crippen LogP contribution in [0.1, 0.15) is 52.5 Å². The molecule has 1 amide bonds. The number of carbonyl (C=O) groups excluding carboxylic acids is 1. The van der Waals surface area contributed by atoms with E-state index in [9.17, 15) is 13.2 Å². The van der Waals surface area contributed by atoms with E-state index in [1.165, 1.54) is 31.5 Å². The number of amides is 1. The van der Waals surface area contributed by atoms with Gasteiger partial charge >= 0.3 is 221 Å². The summed E-state index contributed by atoms with van der Waals surface area (Å²) in [6, 6.07) is 5.91. The molecule has 11 nitrogen and oxygen atoms in total. The molecule has 0 bridgehead atoms. The first-order valence-electron chi connectivity index (χ1n) is 14.6. The molecule has 0 unspecified atom stereocenters. The minimum absolute atomic E-state index is 0.00857. The van der Waals surface area contributed by atoms with Gasteiger partial charge in [-0.25, -0.2) is 4.79 Å². The molecule has 246 valence electrons. The topological polar surface area (TPSA) is 133 Å². The minimum atomic E-state index is -4.07. The number of fused-ring (bicyclic) bond motifs is 2. The number of nitrogens with one attached hydrogen (secondary N) is 1. The first-order chi connectivity index (χ1) is 22.2. The first-order valence-corrected chi connectivity index (χ1v) is 18.8. The summed E-state index contributed by atoms with van der Waals surface area (Å²) in [6.07, 6.45) is 3.68. The van der Waals surface area contributed by atoms with E-state index >= 15 is 8.78 Å². The molecule has 0 fully saturated rings. The molecular formula is C32H34F2N5O6STl. The van der Waals surface area contributed by atoms with Crippen LogP contribution in [0.4, 0.5) is 19.4 Å². The molecular weight excluding hydrogens is 825 g/mol. The van der Waals surface area contributed by atoms with Crippen LogP contribution < -0.4 is 10.2 Å². The van der Waals surface area contributed by atoms with Crippen molar-refractivity contribution in [2.75, 3.05) is 32.1 Å². The second kappa shape index (κ2) is 15.0. The number of aromatic nitrogens is 3. The second-order valence-electron chi connectivity index (χ2n) is 11.6. The smallest absolute Gasteiger partial charge is 0.429 e. The van der Waals surface area contributed by atoms with Crippen LogP contribution in [0.2, 0.25) is 0 Å². The Morgan fingerprint density at radius 1 is 1.15 bits per heavy atom. The van der Waals surface area contributed by atoms with Crippen molar-refractivity contribution in [3.63, 3.8) is 0 Å². The van der Waals surface area contributed by atoms with Gasteiger partial charge in [-0.05, 0) is 27.2 Å². The van der Waals surface area contributed by atoms with E-state index in [4.69, 9.17) is 14.2 Å². The van der Waals surface area contributed by atoms with Gasteiger partial charge in [0.2, 0.25) is 0 Å². The molecule has 2 heterocycles. The zero-order valence-electron chi connectivity index (χ0n) is 26.9. The monoisotopic (exact) mass is 859 g/mol. The van der Waals surface area contributed by atoms with E-state index in [2.05, 4.69) is 29.8 Å². The minimum Gasteiger partial charge on any atom is -0.442 e. The normalized spacial score (nSPS) is 11.6. The average molecular weight is 859 g/mol. The zero-order valence-corrected chi connectivity index (χ0v) is 32.2. The summed E-state index contributed by atoms with van der Waals surface area (Å²) >= 11 is 0.247. The van der Waals surface area contributed by atoms with Crippen LogP contribution in [0.15, 0.2) is 35.6 Å². The van der Waals surface area contributed by atoms with Gasteiger partial charge in [0.25, 0.3) is 0 Å². The Kier molecular flexibility index (Phi) is 11.6. The quantitative estimate of drug-likeness (QED) is 0.0498. The van der Waals surface area contributed by atoms with E-state index < -0.39 is 43.8 Å². The van der Waals surface area contributed by atoms with E-state index in [0.717, 1.165) is 24.1 Å². The zero-order chi connectivity index (χ0) is 34.5. The van der Waals surface area contributed by atoms with Crippen molar-refractivity contribution in [3.05, 3.63) is 47.7 Å². The van der Waals surface area contributed by atoms with E-state index in [-0.39, 0.29) is 78.3 Å². The summed E-state index contributed by atoms with van der Waals surface area (Å²) in [5.41, 5.74) is 1.55. The molecule has 0 aliphatic heterocycles. The van der Waals surface area contributed by atoms with Crippen LogP contribution in [0, 0.1) is 21.0 Å². The van der Waals surface area contributed by atoms with Gasteiger partial charge in [0.15, 0.2) is 0 Å². The number of hydrazine groups is 1. The summed E-state index contributed by atoms with van der Waals surface area (Å²) in [4.78, 5) is 25.8. The molecule has 0 aliphatic rings. The molecule has 47 heavy (non-hydrogen) atoms. The number of hydrogen-bond donors (Lipinski definition) is 1. The van der Waals surface area contributed by atoms with E-state index in [1.807, 2.05) is 6.92 Å². The largest absolute Gasteiger partial charge is 0.442 e. The van der Waals surface area contributed by atoms with Crippen LogP contribution >= 0.6 is 0 Å². The Labute approximate surface area is 288 Å². The average Bonchev–Trinajstić information content (AvgIpc) is 2.99. The van der Waals surface area contributed by atoms with Crippen molar-refractivity contribution in [2.24, 2.45) is 0 Å². The molecule has 0 saturated heterocycles. The van der Waals surface area contributed by atoms with Crippen molar-refractivity contribution in [3.8, 4) is 26.4 Å². The fourth-order valence-electron chi connectivity index (χ4n) is 4.64. The predicted molar refractivity (Wildman–Crippen MR) is 175 cm³/mol.